The summed E-state index contributed by atoms with van der Waals surface area (Å²) in [5, 5.41) is 0. The van der Waals surface area contributed by atoms with E-state index in [0.29, 0.717) is 19.7 Å². The summed E-state index contributed by atoms with van der Waals surface area (Å²) in [5.74, 6) is -2.42. The number of rotatable bonds is 6. The smallest absolute Gasteiger partial charge is 0.254 e. The molecule has 0 aliphatic carbocycles. The highest BCUT2D eigenvalue weighted by Gasteiger charge is 2.18. The van der Waals surface area contributed by atoms with E-state index in [1.165, 1.54) is 30.6 Å². The van der Waals surface area contributed by atoms with Gasteiger partial charge in [0.2, 0.25) is 0 Å². The van der Waals surface area contributed by atoms with Crippen LogP contribution in [0.25, 0.3) is 0 Å². The first-order chi connectivity index (χ1) is 10.1. The van der Waals surface area contributed by atoms with Gasteiger partial charge in [-0.3, -0.25) is 4.79 Å². The van der Waals surface area contributed by atoms with Crippen molar-refractivity contribution in [3.63, 3.8) is 0 Å². The Kier molecular flexibility index (Phi) is 5.05. The number of furan rings is 1. The Morgan fingerprint density at radius 1 is 1.29 bits per heavy atom. The maximum absolute atomic E-state index is 13.2. The van der Waals surface area contributed by atoms with E-state index in [1.807, 2.05) is 0 Å². The van der Waals surface area contributed by atoms with Crippen LogP contribution in [0.1, 0.15) is 15.9 Å². The molecule has 112 valence electrons. The second-order valence-electron chi connectivity index (χ2n) is 4.48. The van der Waals surface area contributed by atoms with Gasteiger partial charge in [-0.1, -0.05) is 0 Å². The average molecular weight is 295 g/mol. The molecule has 2 aromatic rings. The van der Waals surface area contributed by atoms with E-state index < -0.39 is 17.5 Å². The van der Waals surface area contributed by atoms with E-state index in [0.717, 1.165) is 17.7 Å². The molecular formula is C15H15F2NO3. The van der Waals surface area contributed by atoms with Gasteiger partial charge in [-0.2, -0.15) is 0 Å². The lowest BCUT2D eigenvalue weighted by atomic mass is 10.1. The molecule has 0 bridgehead atoms. The number of amides is 1. The van der Waals surface area contributed by atoms with Crippen molar-refractivity contribution >= 4 is 5.91 Å². The molecule has 1 heterocycles. The van der Waals surface area contributed by atoms with Crippen LogP contribution in [0.15, 0.2) is 41.2 Å². The number of carbonyl (C=O) groups is 1. The predicted octanol–water partition coefficient (Wildman–Crippen LogP) is 2.85. The molecule has 1 aromatic heterocycles. The Hall–Kier alpha value is -2.21. The second-order valence-corrected chi connectivity index (χ2v) is 4.48. The normalized spacial score (nSPS) is 10.6. The summed E-state index contributed by atoms with van der Waals surface area (Å²) in [6.45, 7) is 0.977. The van der Waals surface area contributed by atoms with Crippen molar-refractivity contribution in [3.8, 4) is 0 Å². The van der Waals surface area contributed by atoms with Crippen LogP contribution in [0.3, 0.4) is 0 Å². The first kappa shape index (κ1) is 15.2. The van der Waals surface area contributed by atoms with Crippen molar-refractivity contribution in [1.29, 1.82) is 0 Å². The van der Waals surface area contributed by atoms with Gasteiger partial charge >= 0.3 is 0 Å². The van der Waals surface area contributed by atoms with Crippen molar-refractivity contribution in [3.05, 3.63) is 59.6 Å². The molecule has 0 fully saturated rings. The molecule has 0 aliphatic rings. The molecule has 6 heteroatoms. The van der Waals surface area contributed by atoms with Gasteiger partial charge in [0.05, 0.1) is 19.1 Å². The van der Waals surface area contributed by atoms with Crippen LogP contribution in [0.2, 0.25) is 0 Å². The van der Waals surface area contributed by atoms with Crippen molar-refractivity contribution in [1.82, 2.24) is 4.90 Å². The zero-order chi connectivity index (χ0) is 15.2. The monoisotopic (exact) mass is 295 g/mol. The lowest BCUT2D eigenvalue weighted by molar-refractivity contribution is 0.0679. The largest absolute Gasteiger partial charge is 0.472 e. The molecule has 0 atom stereocenters. The summed E-state index contributed by atoms with van der Waals surface area (Å²) in [6, 6.07) is 4.83. The third-order valence-electron chi connectivity index (χ3n) is 2.97. The fraction of sp³-hybridized carbons (Fsp3) is 0.267. The molecule has 0 saturated carbocycles. The van der Waals surface area contributed by atoms with E-state index in [4.69, 9.17) is 9.15 Å². The molecule has 0 spiro atoms. The minimum absolute atomic E-state index is 0.0912. The molecule has 0 unspecified atom stereocenters. The number of hydrogen-bond donors (Lipinski definition) is 0. The second kappa shape index (κ2) is 6.99. The van der Waals surface area contributed by atoms with Crippen LogP contribution < -0.4 is 0 Å². The molecule has 1 amide bonds. The lowest BCUT2D eigenvalue weighted by Crippen LogP contribution is -2.33. The number of hydrogen-bond acceptors (Lipinski definition) is 3. The van der Waals surface area contributed by atoms with Gasteiger partial charge in [0.15, 0.2) is 11.6 Å². The van der Waals surface area contributed by atoms with Crippen LogP contribution in [0.5, 0.6) is 0 Å². The lowest BCUT2D eigenvalue weighted by Gasteiger charge is -2.22. The van der Waals surface area contributed by atoms with Crippen LogP contribution in [-0.4, -0.2) is 31.1 Å². The van der Waals surface area contributed by atoms with Crippen LogP contribution in [0, 0.1) is 11.6 Å². The Morgan fingerprint density at radius 3 is 2.71 bits per heavy atom. The molecule has 1 aromatic carbocycles. The standard InChI is InChI=1S/C15H15F2NO3/c1-20-7-5-18(9-11-4-6-21-10-11)15(19)12-2-3-13(16)14(17)8-12/h2-4,6,8,10H,5,7,9H2,1H3. The molecule has 0 saturated heterocycles. The summed E-state index contributed by atoms with van der Waals surface area (Å²) < 4.78 is 36.1. The van der Waals surface area contributed by atoms with E-state index in [9.17, 15) is 13.6 Å². The SMILES string of the molecule is COCCN(Cc1ccoc1)C(=O)c1ccc(F)c(F)c1. The molecule has 0 N–H and O–H groups in total. The fourth-order valence-electron chi connectivity index (χ4n) is 1.87. The molecule has 21 heavy (non-hydrogen) atoms. The zero-order valence-electron chi connectivity index (χ0n) is 11.5. The zero-order valence-corrected chi connectivity index (χ0v) is 11.5. The van der Waals surface area contributed by atoms with E-state index in [1.54, 1.807) is 6.07 Å². The summed E-state index contributed by atoms with van der Waals surface area (Å²) in [7, 11) is 1.53. The van der Waals surface area contributed by atoms with Gasteiger partial charge in [-0.05, 0) is 24.3 Å². The Morgan fingerprint density at radius 2 is 2.10 bits per heavy atom. The van der Waals surface area contributed by atoms with Gasteiger partial charge in [0.25, 0.3) is 5.91 Å². The molecule has 0 radical (unpaired) electrons. The molecular weight excluding hydrogens is 280 g/mol. The van der Waals surface area contributed by atoms with Gasteiger partial charge < -0.3 is 14.1 Å². The highest BCUT2D eigenvalue weighted by molar-refractivity contribution is 5.94. The Labute approximate surface area is 120 Å². The van der Waals surface area contributed by atoms with E-state index in [-0.39, 0.29) is 5.56 Å². The maximum atomic E-state index is 13.2. The summed E-state index contributed by atoms with van der Waals surface area (Å²) in [6.07, 6.45) is 3.03. The third-order valence-corrected chi connectivity index (χ3v) is 2.97. The van der Waals surface area contributed by atoms with Crippen molar-refractivity contribution in [2.24, 2.45) is 0 Å². The summed E-state index contributed by atoms with van der Waals surface area (Å²) in [5.41, 5.74) is 0.899. The van der Waals surface area contributed by atoms with Crippen LogP contribution in [0.4, 0.5) is 8.78 Å². The number of halogens is 2. The topological polar surface area (TPSA) is 42.7 Å². The number of carbonyl (C=O) groups excluding carboxylic acids is 1. The number of ether oxygens (including phenoxy) is 1. The maximum Gasteiger partial charge on any atom is 0.254 e. The minimum atomic E-state index is -1.05. The van der Waals surface area contributed by atoms with E-state index >= 15 is 0 Å². The third kappa shape index (κ3) is 3.88. The van der Waals surface area contributed by atoms with Crippen LogP contribution >= 0.6 is 0 Å². The van der Waals surface area contributed by atoms with Crippen LogP contribution in [-0.2, 0) is 11.3 Å². The quantitative estimate of drug-likeness (QED) is 0.823. The molecule has 4 nitrogen and oxygen atoms in total. The van der Waals surface area contributed by atoms with Gasteiger partial charge in [0, 0.05) is 31.3 Å². The first-order valence-corrected chi connectivity index (χ1v) is 6.36. The summed E-state index contributed by atoms with van der Waals surface area (Å²) in [4.78, 5) is 13.9. The average Bonchev–Trinajstić information content (AvgIpc) is 2.98. The van der Waals surface area contributed by atoms with Crippen molar-refractivity contribution < 1.29 is 22.7 Å². The summed E-state index contributed by atoms with van der Waals surface area (Å²) >= 11 is 0. The minimum Gasteiger partial charge on any atom is -0.472 e. The highest BCUT2D eigenvalue weighted by atomic mass is 19.2. The number of nitrogens with zero attached hydrogens (tertiary/aromatic N) is 1. The molecule has 0 aliphatic heterocycles. The highest BCUT2D eigenvalue weighted by Crippen LogP contribution is 2.13. The van der Waals surface area contributed by atoms with Gasteiger partial charge in [0.1, 0.15) is 0 Å². The van der Waals surface area contributed by atoms with Crippen molar-refractivity contribution in [2.75, 3.05) is 20.3 Å². The number of methoxy groups -OCH3 is 1. The first-order valence-electron chi connectivity index (χ1n) is 6.36. The van der Waals surface area contributed by atoms with Gasteiger partial charge in [-0.15, -0.1) is 0 Å². The predicted molar refractivity (Wildman–Crippen MR) is 71.7 cm³/mol. The molecule has 2 rings (SSSR count). The van der Waals surface area contributed by atoms with Gasteiger partial charge in [-0.25, -0.2) is 8.78 Å². The Bertz CT molecular complexity index is 599. The number of benzene rings is 1. The van der Waals surface area contributed by atoms with E-state index in [2.05, 4.69) is 0 Å². The fourth-order valence-corrected chi connectivity index (χ4v) is 1.87. The van der Waals surface area contributed by atoms with Crippen molar-refractivity contribution in [2.45, 2.75) is 6.54 Å². The Balaban J connectivity index is 2.18.